The zero-order valence-electron chi connectivity index (χ0n) is 24.7. The quantitative estimate of drug-likeness (QED) is 0.0954. The number of thiocarbonyl (C=S) groups is 1. The second-order valence-electron chi connectivity index (χ2n) is 10.3. The fourth-order valence-corrected chi connectivity index (χ4v) is 5.81. The molecule has 8 nitrogen and oxygen atoms in total. The summed E-state index contributed by atoms with van der Waals surface area (Å²) >= 11 is 5.58. The Balaban J connectivity index is 0.00000760. The topological polar surface area (TPSA) is 143 Å². The number of fused-ring (bicyclic) bond motifs is 1. The summed E-state index contributed by atoms with van der Waals surface area (Å²) in [7, 11) is -9.10. The Labute approximate surface area is 290 Å². The number of benzene rings is 1. The third-order valence-electron chi connectivity index (χ3n) is 6.95. The molecule has 1 aromatic heterocycles. The van der Waals surface area contributed by atoms with Gasteiger partial charge in [-0.2, -0.15) is 0 Å². The Morgan fingerprint density at radius 1 is 0.900 bits per heavy atom. The monoisotopic (exact) mass is 632 g/mol. The van der Waals surface area contributed by atoms with Crippen molar-refractivity contribution in [2.75, 3.05) is 0 Å². The molecule has 1 aromatic carbocycles. The minimum atomic E-state index is -4.69. The van der Waals surface area contributed by atoms with Crippen LogP contribution in [0.4, 0.5) is 0 Å². The van der Waals surface area contributed by atoms with Gasteiger partial charge in [0.2, 0.25) is 0 Å². The molecule has 1 heterocycles. The van der Waals surface area contributed by atoms with Crippen LogP contribution in [0.2, 0.25) is 0 Å². The van der Waals surface area contributed by atoms with E-state index < -0.39 is 25.5 Å². The van der Waals surface area contributed by atoms with Gasteiger partial charge in [-0.15, -0.1) is 0 Å². The summed E-state index contributed by atoms with van der Waals surface area (Å²) in [5, 5.41) is -1.07. The van der Waals surface area contributed by atoms with E-state index in [1.54, 1.807) is 0 Å². The molecule has 0 aliphatic heterocycles. The maximum atomic E-state index is 11.7. The van der Waals surface area contributed by atoms with Crippen LogP contribution < -0.4 is 59.1 Å². The number of nitrogens with one attached hydrogen (secondary N) is 1. The number of aryl methyl sites for hydroxylation is 1. The molecule has 0 aliphatic rings. The van der Waals surface area contributed by atoms with Crippen LogP contribution in [-0.4, -0.2) is 46.0 Å². The Morgan fingerprint density at radius 2 is 1.43 bits per heavy atom. The normalized spacial score (nSPS) is 12.6. The summed E-state index contributed by atoms with van der Waals surface area (Å²) in [5.74, 6) is 0.420. The molecule has 1 N–H and O–H groups in total. The van der Waals surface area contributed by atoms with Crippen LogP contribution in [-0.2, 0) is 33.1 Å². The number of aromatic amines is 1. The zero-order chi connectivity index (χ0) is 28.2. The van der Waals surface area contributed by atoms with Gasteiger partial charge in [-0.25, -0.2) is 21.8 Å². The average molecular weight is 633 g/mol. The number of imidazole rings is 1. The smallest absolute Gasteiger partial charge is 0.748 e. The molecule has 216 valence electrons. The molecule has 2 aromatic rings. The maximum absolute atomic E-state index is 11.7. The van der Waals surface area contributed by atoms with E-state index in [-0.39, 0.29) is 76.9 Å². The zero-order valence-corrected chi connectivity index (χ0v) is 31.1. The van der Waals surface area contributed by atoms with Crippen molar-refractivity contribution in [2.24, 2.45) is 0 Å². The molecule has 0 aliphatic carbocycles. The molecule has 0 spiro atoms. The summed E-state index contributed by atoms with van der Waals surface area (Å²) in [6, 6.07) is 2.56. The van der Waals surface area contributed by atoms with E-state index in [1.165, 1.54) is 83.3 Å². The van der Waals surface area contributed by atoms with Crippen molar-refractivity contribution < 1.29 is 85.1 Å². The van der Waals surface area contributed by atoms with Gasteiger partial charge < -0.3 is 14.1 Å². The third-order valence-corrected chi connectivity index (χ3v) is 9.34. The van der Waals surface area contributed by atoms with Crippen LogP contribution in [0.25, 0.3) is 11.0 Å². The fourth-order valence-electron chi connectivity index (χ4n) is 4.56. The third kappa shape index (κ3) is 15.4. The minimum absolute atomic E-state index is 0. The van der Waals surface area contributed by atoms with Gasteiger partial charge in [0, 0.05) is 18.1 Å². The van der Waals surface area contributed by atoms with Crippen molar-refractivity contribution in [2.45, 2.75) is 127 Å². The van der Waals surface area contributed by atoms with Gasteiger partial charge in [0.15, 0.2) is 0 Å². The van der Waals surface area contributed by atoms with Gasteiger partial charge in [0.05, 0.1) is 26.0 Å². The Morgan fingerprint density at radius 3 is 1.93 bits per heavy atom. The second kappa shape index (κ2) is 20.5. The van der Waals surface area contributed by atoms with Gasteiger partial charge in [0.1, 0.15) is 15.9 Å². The summed E-state index contributed by atoms with van der Waals surface area (Å²) in [6.45, 7) is 3.58. The average Bonchev–Trinajstić information content (AvgIpc) is 3.25. The van der Waals surface area contributed by atoms with Crippen molar-refractivity contribution in [3.8, 4) is 0 Å². The number of H-pyrrole nitrogens is 1. The maximum Gasteiger partial charge on any atom is 1.00 e. The van der Waals surface area contributed by atoms with Gasteiger partial charge in [-0.05, 0) is 48.7 Å². The Hall–Kier alpha value is 0.600. The van der Waals surface area contributed by atoms with E-state index >= 15 is 0 Å². The van der Waals surface area contributed by atoms with Gasteiger partial charge in [-0.3, -0.25) is 0 Å². The largest absolute Gasteiger partial charge is 1.00 e. The predicted octanol–water partition coefficient (Wildman–Crippen LogP) is 0.345. The summed E-state index contributed by atoms with van der Waals surface area (Å²) in [5.41, 5.74) is 1.42. The SMILES string of the molecule is CCCCCCCCCCCCCCC(=S)Cc1cc(S(=O)(=O)[O-])cc2[nH]c(CCC(C)S(=O)(=O)[O-])nc12.[Na+].[Na+]. The molecule has 0 amide bonds. The van der Waals surface area contributed by atoms with Crippen molar-refractivity contribution in [1.29, 1.82) is 0 Å². The van der Waals surface area contributed by atoms with Crippen LogP contribution in [0.5, 0.6) is 0 Å². The van der Waals surface area contributed by atoms with Gasteiger partial charge in [-0.1, -0.05) is 89.8 Å². The molecule has 13 heteroatoms. The van der Waals surface area contributed by atoms with Crippen LogP contribution in [0.1, 0.15) is 115 Å². The molecule has 0 bridgehead atoms. The number of aromatic nitrogens is 2. The van der Waals surface area contributed by atoms with Crippen LogP contribution in [0.15, 0.2) is 17.0 Å². The minimum Gasteiger partial charge on any atom is -0.748 e. The molecule has 0 radical (unpaired) electrons. The molecular weight excluding hydrogens is 590 g/mol. The number of nitrogens with zero attached hydrogens (tertiary/aromatic N) is 1. The summed E-state index contributed by atoms with van der Waals surface area (Å²) in [6.07, 6.45) is 16.4. The molecule has 1 unspecified atom stereocenters. The molecule has 0 fully saturated rings. The first kappa shape index (κ1) is 40.6. The van der Waals surface area contributed by atoms with E-state index in [4.69, 9.17) is 12.2 Å². The van der Waals surface area contributed by atoms with Crippen molar-refractivity contribution >= 4 is 48.4 Å². The molecule has 2 rings (SSSR count). The number of rotatable bonds is 20. The number of hydrogen-bond acceptors (Lipinski definition) is 8. The standard InChI is InChI=1S/C27H44N2O6S3.2Na/c1-3-4-5-6-7-8-9-10-11-12-13-14-15-23(36)18-22-19-24(38(33,34)35)20-25-27(22)29-26(28-25)17-16-21(2)37(30,31)32;;/h19-21H,3-18H2,1-2H3,(H,28,29)(H,30,31,32)(H,33,34,35);;/q;2*+1/p-2. The Kier molecular flexibility index (Phi) is 20.8. The first-order valence-corrected chi connectivity index (χ1v) is 17.1. The van der Waals surface area contributed by atoms with Crippen LogP contribution in [0.3, 0.4) is 0 Å². The van der Waals surface area contributed by atoms with E-state index in [0.717, 1.165) is 24.1 Å². The van der Waals surface area contributed by atoms with Crippen molar-refractivity contribution in [3.63, 3.8) is 0 Å². The van der Waals surface area contributed by atoms with Gasteiger partial charge >= 0.3 is 59.1 Å². The van der Waals surface area contributed by atoms with Crippen LogP contribution >= 0.6 is 12.2 Å². The van der Waals surface area contributed by atoms with E-state index in [1.807, 2.05) is 0 Å². The number of unbranched alkanes of at least 4 members (excludes halogenated alkanes) is 11. The van der Waals surface area contributed by atoms with E-state index in [0.29, 0.717) is 28.8 Å². The molecular formula is C27H42N2Na2O6S3. The Bertz CT molecular complexity index is 1250. The fraction of sp³-hybridized carbons (Fsp3) is 0.704. The van der Waals surface area contributed by atoms with E-state index in [2.05, 4.69) is 16.9 Å². The summed E-state index contributed by atoms with van der Waals surface area (Å²) < 4.78 is 68.7. The number of hydrogen-bond donors (Lipinski definition) is 1. The van der Waals surface area contributed by atoms with Gasteiger partial charge in [0.25, 0.3) is 0 Å². The summed E-state index contributed by atoms with van der Waals surface area (Å²) in [4.78, 5) is 7.88. The molecule has 1 atom stereocenters. The molecule has 0 saturated carbocycles. The first-order valence-electron chi connectivity index (χ1n) is 13.9. The second-order valence-corrected chi connectivity index (χ2v) is 14.1. The first-order chi connectivity index (χ1) is 17.9. The van der Waals surface area contributed by atoms with Crippen LogP contribution in [0, 0.1) is 0 Å². The van der Waals surface area contributed by atoms with E-state index in [9.17, 15) is 25.9 Å². The predicted molar refractivity (Wildman–Crippen MR) is 154 cm³/mol. The van der Waals surface area contributed by atoms with Crippen molar-refractivity contribution in [1.82, 2.24) is 9.97 Å². The molecule has 0 saturated heterocycles. The molecule has 40 heavy (non-hydrogen) atoms. The van der Waals surface area contributed by atoms with Crippen molar-refractivity contribution in [3.05, 3.63) is 23.5 Å².